The zero-order chi connectivity index (χ0) is 11.5. The zero-order valence-electron chi connectivity index (χ0n) is 8.78. The third-order valence-electron chi connectivity index (χ3n) is 2.71. The summed E-state index contributed by atoms with van der Waals surface area (Å²) in [4.78, 5) is 24.8. The predicted molar refractivity (Wildman–Crippen MR) is 61.6 cm³/mol. The summed E-state index contributed by atoms with van der Waals surface area (Å²) in [6.07, 6.45) is 0.909. The van der Waals surface area contributed by atoms with Gasteiger partial charge in [0.2, 0.25) is 0 Å². The van der Waals surface area contributed by atoms with Crippen LogP contribution in [0.15, 0.2) is 24.3 Å². The lowest BCUT2D eigenvalue weighted by atomic mass is 10.1. The Morgan fingerprint density at radius 1 is 1.19 bits per heavy atom. The third kappa shape index (κ3) is 2.25. The summed E-state index contributed by atoms with van der Waals surface area (Å²) < 4.78 is 0. The molecule has 0 unspecified atom stereocenters. The minimum Gasteiger partial charge on any atom is -0.338 e. The number of rotatable bonds is 1. The van der Waals surface area contributed by atoms with Crippen molar-refractivity contribution in [3.63, 3.8) is 0 Å². The largest absolute Gasteiger partial charge is 0.338 e. The molecule has 1 fully saturated rings. The summed E-state index contributed by atoms with van der Waals surface area (Å²) in [7, 11) is 0. The number of likely N-dealkylation sites (tertiary alicyclic amines) is 1. The first kappa shape index (κ1) is 11.1. The number of carbonyl (C=O) groups is 2. The fourth-order valence-corrected chi connectivity index (χ4v) is 1.98. The fourth-order valence-electron chi connectivity index (χ4n) is 1.76. The maximum atomic E-state index is 12.1. The molecular weight excluding hydrogens is 226 g/mol. The molecule has 1 saturated heterocycles. The first-order valence-electron chi connectivity index (χ1n) is 5.24. The van der Waals surface area contributed by atoms with Gasteiger partial charge in [-0.25, -0.2) is 0 Å². The number of nitrogens with zero attached hydrogens (tertiary/aromatic N) is 1. The fraction of sp³-hybridized carbons (Fsp3) is 0.333. The molecule has 0 atom stereocenters. The van der Waals surface area contributed by atoms with Crippen LogP contribution >= 0.6 is 11.6 Å². The second-order valence-corrected chi connectivity index (χ2v) is 4.22. The van der Waals surface area contributed by atoms with Gasteiger partial charge in [0.05, 0.1) is 10.6 Å². The van der Waals surface area contributed by atoms with Crippen molar-refractivity contribution in [2.75, 3.05) is 13.1 Å². The molecule has 16 heavy (non-hydrogen) atoms. The number of piperidine rings is 1. The van der Waals surface area contributed by atoms with E-state index in [1.54, 1.807) is 29.2 Å². The Morgan fingerprint density at radius 3 is 2.44 bits per heavy atom. The average Bonchev–Trinajstić information content (AvgIpc) is 2.30. The van der Waals surface area contributed by atoms with E-state index in [9.17, 15) is 9.59 Å². The molecule has 4 heteroatoms. The number of amides is 1. The van der Waals surface area contributed by atoms with Crippen molar-refractivity contribution in [3.8, 4) is 0 Å². The van der Waals surface area contributed by atoms with Gasteiger partial charge in [0.1, 0.15) is 5.78 Å². The lowest BCUT2D eigenvalue weighted by Crippen LogP contribution is -2.38. The summed E-state index contributed by atoms with van der Waals surface area (Å²) in [6, 6.07) is 6.98. The van der Waals surface area contributed by atoms with E-state index in [0.717, 1.165) is 0 Å². The van der Waals surface area contributed by atoms with Crippen LogP contribution in [0.1, 0.15) is 23.2 Å². The van der Waals surface area contributed by atoms with Crippen LogP contribution in [0.3, 0.4) is 0 Å². The van der Waals surface area contributed by atoms with Gasteiger partial charge in [0.15, 0.2) is 0 Å². The molecular formula is C12H12ClNO2. The molecule has 3 nitrogen and oxygen atoms in total. The molecule has 0 aliphatic carbocycles. The summed E-state index contributed by atoms with van der Waals surface area (Å²) in [6.45, 7) is 1.01. The van der Waals surface area contributed by atoms with E-state index in [2.05, 4.69) is 0 Å². The highest BCUT2D eigenvalue weighted by Crippen LogP contribution is 2.18. The lowest BCUT2D eigenvalue weighted by Gasteiger charge is -2.26. The minimum atomic E-state index is -0.0851. The van der Waals surface area contributed by atoms with Crippen LogP contribution in [0, 0.1) is 0 Å². The number of Topliss-reactive ketones (excluding diaryl/α,β-unsaturated/α-hetero) is 1. The van der Waals surface area contributed by atoms with E-state index in [4.69, 9.17) is 11.6 Å². The summed E-state index contributed by atoms with van der Waals surface area (Å²) in [5.41, 5.74) is 0.513. The number of halogens is 1. The van der Waals surface area contributed by atoms with E-state index in [1.165, 1.54) is 0 Å². The Balaban J connectivity index is 2.14. The summed E-state index contributed by atoms with van der Waals surface area (Å²) >= 11 is 5.95. The standard InChI is InChI=1S/C12H12ClNO2/c13-11-4-2-1-3-10(11)12(16)14-7-5-9(15)6-8-14/h1-4H,5-8H2. The van der Waals surface area contributed by atoms with E-state index in [0.29, 0.717) is 36.5 Å². The Morgan fingerprint density at radius 2 is 1.81 bits per heavy atom. The van der Waals surface area contributed by atoms with Crippen LogP contribution in [0.2, 0.25) is 5.02 Å². The van der Waals surface area contributed by atoms with Gasteiger partial charge < -0.3 is 4.90 Å². The molecule has 1 aliphatic rings. The lowest BCUT2D eigenvalue weighted by molar-refractivity contribution is -0.120. The van der Waals surface area contributed by atoms with Gasteiger partial charge in [-0.15, -0.1) is 0 Å². The predicted octanol–water partition coefficient (Wildman–Crippen LogP) is 2.15. The van der Waals surface area contributed by atoms with Crippen molar-refractivity contribution >= 4 is 23.3 Å². The Bertz CT molecular complexity index is 421. The summed E-state index contributed by atoms with van der Waals surface area (Å²) in [5, 5.41) is 0.462. The highest BCUT2D eigenvalue weighted by atomic mass is 35.5. The van der Waals surface area contributed by atoms with Crippen molar-refractivity contribution in [2.45, 2.75) is 12.8 Å². The van der Waals surface area contributed by atoms with Crippen LogP contribution in [-0.2, 0) is 4.79 Å². The van der Waals surface area contributed by atoms with Crippen molar-refractivity contribution in [1.29, 1.82) is 0 Å². The van der Waals surface area contributed by atoms with E-state index in [-0.39, 0.29) is 11.7 Å². The highest BCUT2D eigenvalue weighted by molar-refractivity contribution is 6.33. The molecule has 0 N–H and O–H groups in total. The third-order valence-corrected chi connectivity index (χ3v) is 3.04. The Kier molecular flexibility index (Phi) is 3.25. The van der Waals surface area contributed by atoms with Gasteiger partial charge in [0.25, 0.3) is 5.91 Å². The zero-order valence-corrected chi connectivity index (χ0v) is 9.54. The van der Waals surface area contributed by atoms with Crippen LogP contribution in [0.4, 0.5) is 0 Å². The first-order chi connectivity index (χ1) is 7.68. The molecule has 1 aliphatic heterocycles. The smallest absolute Gasteiger partial charge is 0.255 e. The minimum absolute atomic E-state index is 0.0851. The summed E-state index contributed by atoms with van der Waals surface area (Å²) in [5.74, 6) is 0.140. The number of ketones is 1. The molecule has 0 radical (unpaired) electrons. The second-order valence-electron chi connectivity index (χ2n) is 3.81. The van der Waals surface area contributed by atoms with Gasteiger partial charge in [0, 0.05) is 25.9 Å². The molecule has 0 aromatic heterocycles. The Labute approximate surface area is 99.0 Å². The van der Waals surface area contributed by atoms with Crippen molar-refractivity contribution in [1.82, 2.24) is 4.90 Å². The van der Waals surface area contributed by atoms with Gasteiger partial charge in [-0.1, -0.05) is 23.7 Å². The SMILES string of the molecule is O=C1CCN(C(=O)c2ccccc2Cl)CC1. The quantitative estimate of drug-likeness (QED) is 0.751. The highest BCUT2D eigenvalue weighted by Gasteiger charge is 2.22. The maximum absolute atomic E-state index is 12.1. The number of hydrogen-bond acceptors (Lipinski definition) is 2. The number of benzene rings is 1. The van der Waals surface area contributed by atoms with E-state index < -0.39 is 0 Å². The monoisotopic (exact) mass is 237 g/mol. The van der Waals surface area contributed by atoms with Crippen molar-refractivity contribution in [2.24, 2.45) is 0 Å². The van der Waals surface area contributed by atoms with E-state index in [1.807, 2.05) is 0 Å². The molecule has 0 bridgehead atoms. The topological polar surface area (TPSA) is 37.4 Å². The van der Waals surface area contributed by atoms with Gasteiger partial charge in [-0.3, -0.25) is 9.59 Å². The average molecular weight is 238 g/mol. The second kappa shape index (κ2) is 4.66. The van der Waals surface area contributed by atoms with Gasteiger partial charge in [-0.05, 0) is 12.1 Å². The van der Waals surface area contributed by atoms with Crippen molar-refractivity contribution in [3.05, 3.63) is 34.9 Å². The first-order valence-corrected chi connectivity index (χ1v) is 5.62. The molecule has 1 heterocycles. The van der Waals surface area contributed by atoms with Crippen LogP contribution in [0.25, 0.3) is 0 Å². The van der Waals surface area contributed by atoms with Crippen LogP contribution in [0.5, 0.6) is 0 Å². The Hall–Kier alpha value is -1.35. The number of carbonyl (C=O) groups excluding carboxylic acids is 2. The van der Waals surface area contributed by atoms with E-state index >= 15 is 0 Å². The van der Waals surface area contributed by atoms with Gasteiger partial charge in [-0.2, -0.15) is 0 Å². The molecule has 0 saturated carbocycles. The van der Waals surface area contributed by atoms with Crippen LogP contribution < -0.4 is 0 Å². The molecule has 84 valence electrons. The van der Waals surface area contributed by atoms with Crippen molar-refractivity contribution < 1.29 is 9.59 Å². The van der Waals surface area contributed by atoms with Crippen LogP contribution in [-0.4, -0.2) is 29.7 Å². The molecule has 1 amide bonds. The molecule has 1 aromatic carbocycles. The van der Waals surface area contributed by atoms with Gasteiger partial charge >= 0.3 is 0 Å². The molecule has 2 rings (SSSR count). The molecule has 1 aromatic rings. The number of hydrogen-bond donors (Lipinski definition) is 0. The normalized spacial score (nSPS) is 16.3. The molecule has 0 spiro atoms. The maximum Gasteiger partial charge on any atom is 0.255 e.